The van der Waals surface area contributed by atoms with Crippen LogP contribution in [-0.2, 0) is 14.3 Å². The quantitative estimate of drug-likeness (QED) is 0.759. The lowest BCUT2D eigenvalue weighted by atomic mass is 10.1. The summed E-state index contributed by atoms with van der Waals surface area (Å²) in [5.41, 5.74) is 0. The van der Waals surface area contributed by atoms with Crippen LogP contribution in [0, 0.1) is 5.92 Å². The minimum absolute atomic E-state index is 0.0456. The van der Waals surface area contributed by atoms with Crippen LogP contribution < -0.4 is 0 Å². The zero-order chi connectivity index (χ0) is 12.1. The molecule has 0 radical (unpaired) electrons. The molecule has 3 atom stereocenters. The van der Waals surface area contributed by atoms with Gasteiger partial charge in [-0.2, -0.15) is 0 Å². The summed E-state index contributed by atoms with van der Waals surface area (Å²) >= 11 is 0. The third kappa shape index (κ3) is 4.49. The van der Waals surface area contributed by atoms with Crippen molar-refractivity contribution in [3.05, 3.63) is 0 Å². The maximum atomic E-state index is 10.7. The molecule has 94 valence electrons. The van der Waals surface area contributed by atoms with Crippen molar-refractivity contribution in [2.75, 3.05) is 6.61 Å². The molecule has 0 aliphatic carbocycles. The molecule has 0 saturated carbocycles. The van der Waals surface area contributed by atoms with Crippen molar-refractivity contribution < 1.29 is 19.4 Å². The smallest absolute Gasteiger partial charge is 0.332 e. The fourth-order valence-corrected chi connectivity index (χ4v) is 2.01. The second kappa shape index (κ2) is 6.21. The Hall–Kier alpha value is -0.610. The lowest BCUT2D eigenvalue weighted by Crippen LogP contribution is -2.24. The molecule has 0 spiro atoms. The van der Waals surface area contributed by atoms with Crippen LogP contribution in [0.25, 0.3) is 0 Å². The van der Waals surface area contributed by atoms with E-state index in [1.54, 1.807) is 0 Å². The maximum absolute atomic E-state index is 10.7. The van der Waals surface area contributed by atoms with E-state index < -0.39 is 12.1 Å². The van der Waals surface area contributed by atoms with Crippen molar-refractivity contribution in [2.45, 2.75) is 58.3 Å². The standard InChI is InChI=1S/C12H22O4/c1-8(2)6-9(3)15-7-10-4-5-11(16-10)12(13)14/h8-11H,4-7H2,1-3H3,(H,13,14). The molecule has 0 amide bonds. The van der Waals surface area contributed by atoms with Crippen molar-refractivity contribution in [3.63, 3.8) is 0 Å². The first-order valence-electron chi connectivity index (χ1n) is 5.99. The van der Waals surface area contributed by atoms with Gasteiger partial charge in [0.1, 0.15) is 0 Å². The van der Waals surface area contributed by atoms with Crippen LogP contribution >= 0.6 is 0 Å². The number of ether oxygens (including phenoxy) is 2. The highest BCUT2D eigenvalue weighted by atomic mass is 16.6. The zero-order valence-electron chi connectivity index (χ0n) is 10.3. The van der Waals surface area contributed by atoms with Gasteiger partial charge in [-0.15, -0.1) is 0 Å². The van der Waals surface area contributed by atoms with E-state index in [0.29, 0.717) is 18.9 Å². The average molecular weight is 230 g/mol. The highest BCUT2D eigenvalue weighted by molar-refractivity contribution is 5.72. The molecule has 0 aromatic carbocycles. The number of hydrogen-bond acceptors (Lipinski definition) is 3. The topological polar surface area (TPSA) is 55.8 Å². The van der Waals surface area contributed by atoms with E-state index in [4.69, 9.17) is 14.6 Å². The minimum Gasteiger partial charge on any atom is -0.479 e. The molecule has 1 aliphatic heterocycles. The molecule has 0 aromatic heterocycles. The van der Waals surface area contributed by atoms with E-state index in [0.717, 1.165) is 12.8 Å². The second-order valence-corrected chi connectivity index (χ2v) is 4.94. The van der Waals surface area contributed by atoms with Gasteiger partial charge in [0.05, 0.1) is 18.8 Å². The van der Waals surface area contributed by atoms with Gasteiger partial charge in [0.15, 0.2) is 6.10 Å². The fourth-order valence-electron chi connectivity index (χ4n) is 2.01. The second-order valence-electron chi connectivity index (χ2n) is 4.94. The molecule has 4 nitrogen and oxygen atoms in total. The summed E-state index contributed by atoms with van der Waals surface area (Å²) in [5.74, 6) is -0.246. The van der Waals surface area contributed by atoms with Crippen LogP contribution in [0.5, 0.6) is 0 Å². The van der Waals surface area contributed by atoms with Gasteiger partial charge in [-0.1, -0.05) is 13.8 Å². The number of carbonyl (C=O) groups is 1. The van der Waals surface area contributed by atoms with Gasteiger partial charge in [-0.05, 0) is 32.1 Å². The molecule has 16 heavy (non-hydrogen) atoms. The Balaban J connectivity index is 2.17. The molecule has 1 heterocycles. The number of carboxylic acid groups (broad SMARTS) is 1. The Morgan fingerprint density at radius 2 is 2.12 bits per heavy atom. The number of carboxylic acids is 1. The lowest BCUT2D eigenvalue weighted by Gasteiger charge is -2.18. The van der Waals surface area contributed by atoms with Gasteiger partial charge >= 0.3 is 5.97 Å². The molecule has 1 N–H and O–H groups in total. The summed E-state index contributed by atoms with van der Waals surface area (Å²) in [5, 5.41) is 8.76. The van der Waals surface area contributed by atoms with Gasteiger partial charge in [0.25, 0.3) is 0 Å². The number of aliphatic carboxylic acids is 1. The molecule has 1 aliphatic rings. The summed E-state index contributed by atoms with van der Waals surface area (Å²) in [7, 11) is 0. The van der Waals surface area contributed by atoms with Gasteiger partial charge in [-0.3, -0.25) is 0 Å². The monoisotopic (exact) mass is 230 g/mol. The van der Waals surface area contributed by atoms with Gasteiger partial charge in [0.2, 0.25) is 0 Å². The van der Waals surface area contributed by atoms with Crippen LogP contribution in [0.15, 0.2) is 0 Å². The normalized spacial score (nSPS) is 27.2. The molecule has 0 bridgehead atoms. The van der Waals surface area contributed by atoms with E-state index >= 15 is 0 Å². The van der Waals surface area contributed by atoms with E-state index in [-0.39, 0.29) is 12.2 Å². The Labute approximate surface area is 96.9 Å². The van der Waals surface area contributed by atoms with Crippen LogP contribution in [0.3, 0.4) is 0 Å². The molecular formula is C12H22O4. The molecule has 1 saturated heterocycles. The van der Waals surface area contributed by atoms with E-state index in [2.05, 4.69) is 13.8 Å². The Morgan fingerprint density at radius 1 is 1.44 bits per heavy atom. The highest BCUT2D eigenvalue weighted by Crippen LogP contribution is 2.21. The third-order valence-corrected chi connectivity index (χ3v) is 2.75. The first-order valence-corrected chi connectivity index (χ1v) is 5.99. The van der Waals surface area contributed by atoms with Crippen LogP contribution in [-0.4, -0.2) is 36.0 Å². The number of hydrogen-bond donors (Lipinski definition) is 1. The van der Waals surface area contributed by atoms with Crippen LogP contribution in [0.1, 0.15) is 40.0 Å². The first-order chi connectivity index (χ1) is 7.49. The maximum Gasteiger partial charge on any atom is 0.332 e. The molecular weight excluding hydrogens is 208 g/mol. The van der Waals surface area contributed by atoms with Crippen LogP contribution in [0.2, 0.25) is 0 Å². The Morgan fingerprint density at radius 3 is 2.62 bits per heavy atom. The van der Waals surface area contributed by atoms with Gasteiger partial charge in [0, 0.05) is 0 Å². The van der Waals surface area contributed by atoms with E-state index in [9.17, 15) is 4.79 Å². The largest absolute Gasteiger partial charge is 0.479 e. The first kappa shape index (κ1) is 13.5. The van der Waals surface area contributed by atoms with Crippen molar-refractivity contribution >= 4 is 5.97 Å². The molecule has 1 rings (SSSR count). The zero-order valence-corrected chi connectivity index (χ0v) is 10.3. The van der Waals surface area contributed by atoms with Crippen molar-refractivity contribution in [2.24, 2.45) is 5.92 Å². The average Bonchev–Trinajstić information content (AvgIpc) is 2.61. The van der Waals surface area contributed by atoms with E-state index in [1.807, 2.05) is 6.92 Å². The summed E-state index contributed by atoms with van der Waals surface area (Å²) < 4.78 is 11.0. The molecule has 1 fully saturated rings. The summed E-state index contributed by atoms with van der Waals surface area (Å²) in [4.78, 5) is 10.7. The predicted molar refractivity (Wildman–Crippen MR) is 60.4 cm³/mol. The summed E-state index contributed by atoms with van der Waals surface area (Å²) in [6.07, 6.45) is 1.94. The van der Waals surface area contributed by atoms with Crippen LogP contribution in [0.4, 0.5) is 0 Å². The highest BCUT2D eigenvalue weighted by Gasteiger charge is 2.30. The predicted octanol–water partition coefficient (Wildman–Crippen LogP) is 2.07. The van der Waals surface area contributed by atoms with Crippen molar-refractivity contribution in [3.8, 4) is 0 Å². The Bertz CT molecular complexity index is 227. The summed E-state index contributed by atoms with van der Waals surface area (Å²) in [6.45, 7) is 6.88. The Kier molecular flexibility index (Phi) is 5.22. The lowest BCUT2D eigenvalue weighted by molar-refractivity contribution is -0.151. The molecule has 4 heteroatoms. The van der Waals surface area contributed by atoms with Gasteiger partial charge in [-0.25, -0.2) is 4.79 Å². The summed E-state index contributed by atoms with van der Waals surface area (Å²) in [6, 6.07) is 0. The molecule has 0 aromatic rings. The fraction of sp³-hybridized carbons (Fsp3) is 0.917. The van der Waals surface area contributed by atoms with Crippen molar-refractivity contribution in [1.82, 2.24) is 0 Å². The minimum atomic E-state index is -0.863. The number of rotatable bonds is 6. The third-order valence-electron chi connectivity index (χ3n) is 2.75. The van der Waals surface area contributed by atoms with E-state index in [1.165, 1.54) is 0 Å². The molecule has 3 unspecified atom stereocenters. The SMILES string of the molecule is CC(C)CC(C)OCC1CCC(C(=O)O)O1. The van der Waals surface area contributed by atoms with Gasteiger partial charge < -0.3 is 14.6 Å². The van der Waals surface area contributed by atoms with Crippen molar-refractivity contribution in [1.29, 1.82) is 0 Å².